The van der Waals surface area contributed by atoms with Crippen molar-refractivity contribution in [3.63, 3.8) is 0 Å². The fourth-order valence-corrected chi connectivity index (χ4v) is 1.93. The molecular weight excluding hydrogens is 295 g/mol. The van der Waals surface area contributed by atoms with E-state index in [1.165, 1.54) is 12.1 Å². The van der Waals surface area contributed by atoms with Crippen LogP contribution in [0.15, 0.2) is 22.7 Å². The number of halogens is 2. The Labute approximate surface area is 104 Å². The van der Waals surface area contributed by atoms with Crippen LogP contribution in [-0.2, 0) is 10.3 Å². The summed E-state index contributed by atoms with van der Waals surface area (Å²) < 4.78 is 13.6. The molecule has 90 valence electrons. The van der Waals surface area contributed by atoms with E-state index in [2.05, 4.69) is 26.6 Å². The van der Waals surface area contributed by atoms with Crippen LogP contribution >= 0.6 is 15.9 Å². The zero-order valence-electron chi connectivity index (χ0n) is 8.46. The predicted molar refractivity (Wildman–Crippen MR) is 59.9 cm³/mol. The fraction of sp³-hybridized carbons (Fsp3) is 0.200. The van der Waals surface area contributed by atoms with E-state index >= 15 is 0 Å². The molecule has 5 nitrogen and oxygen atoms in total. The van der Waals surface area contributed by atoms with Crippen molar-refractivity contribution in [2.75, 3.05) is 6.54 Å². The zero-order valence-corrected chi connectivity index (χ0v) is 10.0. The molecule has 0 radical (unpaired) electrons. The first-order valence-electron chi connectivity index (χ1n) is 4.70. The number of carboxylic acid groups (broad SMARTS) is 1. The number of rotatable bonds is 2. The molecule has 1 aliphatic heterocycles. The van der Waals surface area contributed by atoms with Crippen LogP contribution < -0.4 is 10.6 Å². The van der Waals surface area contributed by atoms with Crippen molar-refractivity contribution in [1.29, 1.82) is 0 Å². The molecule has 1 aliphatic rings. The van der Waals surface area contributed by atoms with Crippen molar-refractivity contribution >= 4 is 27.9 Å². The maximum atomic E-state index is 13.4. The Morgan fingerprint density at radius 2 is 2.24 bits per heavy atom. The molecule has 1 saturated heterocycles. The van der Waals surface area contributed by atoms with Gasteiger partial charge in [0.1, 0.15) is 5.82 Å². The van der Waals surface area contributed by atoms with Crippen LogP contribution in [0.3, 0.4) is 0 Å². The van der Waals surface area contributed by atoms with Gasteiger partial charge in [-0.25, -0.2) is 14.0 Å². The molecule has 7 heteroatoms. The molecule has 2 amide bonds. The molecule has 1 aromatic carbocycles. The molecule has 1 atom stereocenters. The lowest BCUT2D eigenvalue weighted by atomic mass is 9.91. The summed E-state index contributed by atoms with van der Waals surface area (Å²) in [5.41, 5.74) is -1.43. The number of carboxylic acids is 1. The number of amides is 2. The van der Waals surface area contributed by atoms with Crippen LogP contribution in [0.25, 0.3) is 0 Å². The summed E-state index contributed by atoms with van der Waals surface area (Å²) in [7, 11) is 0. The third-order valence-electron chi connectivity index (χ3n) is 2.62. The maximum absolute atomic E-state index is 13.4. The van der Waals surface area contributed by atoms with Gasteiger partial charge in [0.2, 0.25) is 0 Å². The van der Waals surface area contributed by atoms with Gasteiger partial charge in [0.05, 0.1) is 11.0 Å². The Morgan fingerprint density at radius 3 is 2.71 bits per heavy atom. The van der Waals surface area contributed by atoms with Gasteiger partial charge in [0.15, 0.2) is 5.54 Å². The molecule has 1 heterocycles. The average Bonchev–Trinajstić information content (AvgIpc) is 2.66. The molecule has 1 aromatic rings. The average molecular weight is 303 g/mol. The van der Waals surface area contributed by atoms with Crippen LogP contribution in [0.5, 0.6) is 0 Å². The first kappa shape index (κ1) is 11.8. The Kier molecular flexibility index (Phi) is 2.78. The summed E-state index contributed by atoms with van der Waals surface area (Å²) in [6.45, 7) is -0.123. The number of carbonyl (C=O) groups excluding carboxylic acids is 1. The highest BCUT2D eigenvalue weighted by Gasteiger charge is 2.46. The molecule has 0 aliphatic carbocycles. The number of hydrogen-bond acceptors (Lipinski definition) is 2. The van der Waals surface area contributed by atoms with Crippen molar-refractivity contribution < 1.29 is 19.1 Å². The largest absolute Gasteiger partial charge is 0.479 e. The lowest BCUT2D eigenvalue weighted by molar-refractivity contribution is -0.143. The van der Waals surface area contributed by atoms with Crippen molar-refractivity contribution in [3.8, 4) is 0 Å². The lowest BCUT2D eigenvalue weighted by Crippen LogP contribution is -2.47. The van der Waals surface area contributed by atoms with Crippen LogP contribution in [0.2, 0.25) is 0 Å². The van der Waals surface area contributed by atoms with Crippen molar-refractivity contribution in [2.24, 2.45) is 0 Å². The van der Waals surface area contributed by atoms with Crippen molar-refractivity contribution in [2.45, 2.75) is 5.54 Å². The number of benzene rings is 1. The first-order valence-corrected chi connectivity index (χ1v) is 5.50. The highest BCUT2D eigenvalue weighted by Crippen LogP contribution is 2.27. The molecule has 1 unspecified atom stereocenters. The summed E-state index contributed by atoms with van der Waals surface area (Å²) in [6, 6.07) is 3.36. The third-order valence-corrected chi connectivity index (χ3v) is 3.26. The number of aliphatic carboxylic acids is 1. The molecule has 2 rings (SSSR count). The molecule has 3 N–H and O–H groups in total. The predicted octanol–water partition coefficient (Wildman–Crippen LogP) is 1.18. The molecular formula is C10H8BrFN2O3. The number of hydrogen-bond donors (Lipinski definition) is 3. The Bertz CT molecular complexity index is 508. The first-order chi connectivity index (χ1) is 7.95. The van der Waals surface area contributed by atoms with E-state index in [4.69, 9.17) is 0 Å². The molecule has 0 aromatic heterocycles. The molecule has 0 bridgehead atoms. The normalized spacial score (nSPS) is 23.1. The van der Waals surface area contributed by atoms with Gasteiger partial charge in [0.25, 0.3) is 0 Å². The monoisotopic (exact) mass is 302 g/mol. The second-order valence-corrected chi connectivity index (χ2v) is 4.50. The quantitative estimate of drug-likeness (QED) is 0.767. The van der Waals surface area contributed by atoms with Crippen molar-refractivity contribution in [1.82, 2.24) is 10.6 Å². The Morgan fingerprint density at radius 1 is 1.53 bits per heavy atom. The summed E-state index contributed by atoms with van der Waals surface area (Å²) in [4.78, 5) is 22.4. The molecule has 17 heavy (non-hydrogen) atoms. The van der Waals surface area contributed by atoms with E-state index < -0.39 is 23.4 Å². The van der Waals surface area contributed by atoms with Gasteiger partial charge in [-0.2, -0.15) is 0 Å². The van der Waals surface area contributed by atoms with E-state index in [1.54, 1.807) is 0 Å². The van der Waals surface area contributed by atoms with Gasteiger partial charge < -0.3 is 15.7 Å². The number of urea groups is 1. The third kappa shape index (κ3) is 1.86. The SMILES string of the molecule is O=C1NCC(C(=O)O)(c2ccc(Br)c(F)c2)N1. The van der Waals surface area contributed by atoms with E-state index in [0.29, 0.717) is 0 Å². The van der Waals surface area contributed by atoms with Gasteiger partial charge in [-0.1, -0.05) is 6.07 Å². The minimum atomic E-state index is -1.61. The Balaban J connectivity index is 2.50. The van der Waals surface area contributed by atoms with Gasteiger partial charge in [0, 0.05) is 0 Å². The number of nitrogens with one attached hydrogen (secondary N) is 2. The minimum absolute atomic E-state index is 0.123. The number of carbonyl (C=O) groups is 2. The second-order valence-electron chi connectivity index (χ2n) is 3.65. The highest BCUT2D eigenvalue weighted by molar-refractivity contribution is 9.10. The van der Waals surface area contributed by atoms with Gasteiger partial charge >= 0.3 is 12.0 Å². The molecule has 0 saturated carbocycles. The second kappa shape index (κ2) is 3.99. The minimum Gasteiger partial charge on any atom is -0.479 e. The molecule has 0 spiro atoms. The van der Waals surface area contributed by atoms with Crippen LogP contribution in [-0.4, -0.2) is 23.7 Å². The van der Waals surface area contributed by atoms with E-state index in [1.807, 2.05) is 0 Å². The fourth-order valence-electron chi connectivity index (χ4n) is 1.68. The van der Waals surface area contributed by atoms with Gasteiger partial charge in [-0.15, -0.1) is 0 Å². The Hall–Kier alpha value is -1.63. The van der Waals surface area contributed by atoms with E-state index in [-0.39, 0.29) is 16.6 Å². The van der Waals surface area contributed by atoms with Crippen LogP contribution in [0.1, 0.15) is 5.56 Å². The standard InChI is InChI=1S/C10H8BrFN2O3/c11-6-2-1-5(3-7(6)12)10(8(15)16)4-13-9(17)14-10/h1-3H,4H2,(H,15,16)(H2,13,14,17). The summed E-state index contributed by atoms with van der Waals surface area (Å²) >= 11 is 2.98. The van der Waals surface area contributed by atoms with Gasteiger partial charge in [-0.3, -0.25) is 0 Å². The van der Waals surface area contributed by atoms with Crippen LogP contribution in [0.4, 0.5) is 9.18 Å². The topological polar surface area (TPSA) is 78.4 Å². The smallest absolute Gasteiger partial charge is 0.336 e. The maximum Gasteiger partial charge on any atom is 0.336 e. The summed E-state index contributed by atoms with van der Waals surface area (Å²) in [5, 5.41) is 13.9. The highest BCUT2D eigenvalue weighted by atomic mass is 79.9. The van der Waals surface area contributed by atoms with Crippen LogP contribution in [0, 0.1) is 5.82 Å². The van der Waals surface area contributed by atoms with Crippen molar-refractivity contribution in [3.05, 3.63) is 34.1 Å². The van der Waals surface area contributed by atoms with E-state index in [9.17, 15) is 19.1 Å². The van der Waals surface area contributed by atoms with E-state index in [0.717, 1.165) is 6.07 Å². The summed E-state index contributed by atoms with van der Waals surface area (Å²) in [6.07, 6.45) is 0. The summed E-state index contributed by atoms with van der Waals surface area (Å²) in [5.74, 6) is -1.82. The van der Waals surface area contributed by atoms with Gasteiger partial charge in [-0.05, 0) is 33.6 Å². The lowest BCUT2D eigenvalue weighted by Gasteiger charge is -2.23. The zero-order chi connectivity index (χ0) is 12.6. The molecule has 1 fully saturated rings.